The number of nitrogens with zero attached hydrogens (tertiary/aromatic N) is 1. The van der Waals surface area contributed by atoms with Gasteiger partial charge in [0.2, 0.25) is 0 Å². The van der Waals surface area contributed by atoms with E-state index in [0.29, 0.717) is 16.8 Å². The lowest BCUT2D eigenvalue weighted by atomic mass is 10.3. The Bertz CT molecular complexity index is 353. The van der Waals surface area contributed by atoms with E-state index >= 15 is 0 Å². The van der Waals surface area contributed by atoms with Gasteiger partial charge in [0.25, 0.3) is 5.56 Å². The SMILES string of the molecule is CC(Cl)CCNc1nc[nH]c(=O)c1Br. The molecule has 4 nitrogen and oxygen atoms in total. The van der Waals surface area contributed by atoms with E-state index in [-0.39, 0.29) is 10.9 Å². The molecule has 0 aromatic carbocycles. The summed E-state index contributed by atoms with van der Waals surface area (Å²) in [5.74, 6) is 0.547. The Balaban J connectivity index is 2.59. The van der Waals surface area contributed by atoms with Crippen LogP contribution in [0.25, 0.3) is 0 Å². The standard InChI is InChI=1S/C8H11BrClN3O/c1-5(10)2-3-11-7-6(9)8(14)13-4-12-7/h4-5H,2-3H2,1H3,(H2,11,12,13,14). The summed E-state index contributed by atoms with van der Waals surface area (Å²) in [5.41, 5.74) is -0.193. The first kappa shape index (κ1) is 11.5. The van der Waals surface area contributed by atoms with Gasteiger partial charge in [0.1, 0.15) is 10.3 Å². The molecule has 0 bridgehead atoms. The molecule has 0 spiro atoms. The molecule has 78 valence electrons. The fourth-order valence-corrected chi connectivity index (χ4v) is 1.36. The third-order valence-electron chi connectivity index (χ3n) is 1.63. The molecule has 1 rings (SSSR count). The number of hydrogen-bond donors (Lipinski definition) is 2. The maximum Gasteiger partial charge on any atom is 0.267 e. The summed E-state index contributed by atoms with van der Waals surface area (Å²) in [5, 5.41) is 3.14. The van der Waals surface area contributed by atoms with Gasteiger partial charge in [-0.2, -0.15) is 0 Å². The Morgan fingerprint density at radius 1 is 1.79 bits per heavy atom. The predicted molar refractivity (Wildman–Crippen MR) is 61.0 cm³/mol. The molecular formula is C8H11BrClN3O. The fourth-order valence-electron chi connectivity index (χ4n) is 0.896. The van der Waals surface area contributed by atoms with E-state index < -0.39 is 0 Å². The lowest BCUT2D eigenvalue weighted by molar-refractivity contribution is 0.837. The summed E-state index contributed by atoms with van der Waals surface area (Å²) in [4.78, 5) is 17.6. The number of aromatic amines is 1. The Labute approximate surface area is 95.2 Å². The molecule has 1 aromatic heterocycles. The van der Waals surface area contributed by atoms with Gasteiger partial charge in [0, 0.05) is 11.9 Å². The normalized spacial score (nSPS) is 12.5. The topological polar surface area (TPSA) is 57.8 Å². The van der Waals surface area contributed by atoms with Crippen molar-refractivity contribution in [2.75, 3.05) is 11.9 Å². The van der Waals surface area contributed by atoms with E-state index in [1.165, 1.54) is 6.33 Å². The van der Waals surface area contributed by atoms with Crippen LogP contribution in [0.15, 0.2) is 15.6 Å². The number of halogens is 2. The minimum atomic E-state index is -0.193. The van der Waals surface area contributed by atoms with Gasteiger partial charge < -0.3 is 10.3 Å². The van der Waals surface area contributed by atoms with Gasteiger partial charge in [-0.25, -0.2) is 4.98 Å². The van der Waals surface area contributed by atoms with E-state index in [9.17, 15) is 4.79 Å². The second-order valence-corrected chi connectivity index (χ2v) is 4.43. The molecule has 0 aliphatic rings. The van der Waals surface area contributed by atoms with Crippen LogP contribution in [0.3, 0.4) is 0 Å². The number of hydrogen-bond acceptors (Lipinski definition) is 3. The van der Waals surface area contributed by atoms with Crippen LogP contribution in [0.1, 0.15) is 13.3 Å². The van der Waals surface area contributed by atoms with Crippen molar-refractivity contribution in [2.24, 2.45) is 0 Å². The van der Waals surface area contributed by atoms with E-state index in [2.05, 4.69) is 31.2 Å². The van der Waals surface area contributed by atoms with Crippen LogP contribution in [0, 0.1) is 0 Å². The van der Waals surface area contributed by atoms with Crippen molar-refractivity contribution >= 4 is 33.3 Å². The van der Waals surface area contributed by atoms with Gasteiger partial charge in [-0.15, -0.1) is 11.6 Å². The number of rotatable bonds is 4. The lowest BCUT2D eigenvalue weighted by Crippen LogP contribution is -2.14. The van der Waals surface area contributed by atoms with Crippen LogP contribution in [0.2, 0.25) is 0 Å². The third kappa shape index (κ3) is 3.31. The summed E-state index contributed by atoms with van der Waals surface area (Å²) in [6, 6.07) is 0. The van der Waals surface area contributed by atoms with Gasteiger partial charge in [0.15, 0.2) is 0 Å². The average Bonchev–Trinajstić information content (AvgIpc) is 2.12. The van der Waals surface area contributed by atoms with E-state index in [0.717, 1.165) is 6.42 Å². The molecule has 0 saturated carbocycles. The van der Waals surface area contributed by atoms with Crippen molar-refractivity contribution in [3.63, 3.8) is 0 Å². The lowest BCUT2D eigenvalue weighted by Gasteiger charge is -2.06. The van der Waals surface area contributed by atoms with Crippen molar-refractivity contribution < 1.29 is 0 Å². The molecule has 0 aliphatic carbocycles. The number of anilines is 1. The zero-order valence-corrected chi connectivity index (χ0v) is 10.0. The summed E-state index contributed by atoms with van der Waals surface area (Å²) >= 11 is 8.92. The molecule has 1 atom stereocenters. The van der Waals surface area contributed by atoms with E-state index in [1.54, 1.807) is 0 Å². The van der Waals surface area contributed by atoms with Crippen molar-refractivity contribution in [1.29, 1.82) is 0 Å². The first-order valence-corrected chi connectivity index (χ1v) is 5.45. The highest BCUT2D eigenvalue weighted by atomic mass is 79.9. The van der Waals surface area contributed by atoms with Crippen molar-refractivity contribution in [2.45, 2.75) is 18.7 Å². The van der Waals surface area contributed by atoms with Crippen molar-refractivity contribution in [3.05, 3.63) is 21.2 Å². The van der Waals surface area contributed by atoms with Gasteiger partial charge in [-0.3, -0.25) is 4.79 Å². The first-order chi connectivity index (χ1) is 6.61. The monoisotopic (exact) mass is 279 g/mol. The largest absolute Gasteiger partial charge is 0.369 e. The number of alkyl halides is 1. The minimum Gasteiger partial charge on any atom is -0.369 e. The summed E-state index contributed by atoms with van der Waals surface area (Å²) < 4.78 is 0.419. The van der Waals surface area contributed by atoms with Gasteiger partial charge in [-0.05, 0) is 29.3 Å². The molecule has 0 fully saturated rings. The van der Waals surface area contributed by atoms with Gasteiger partial charge in [-0.1, -0.05) is 0 Å². The first-order valence-electron chi connectivity index (χ1n) is 4.22. The highest BCUT2D eigenvalue weighted by molar-refractivity contribution is 9.10. The van der Waals surface area contributed by atoms with Crippen LogP contribution in [-0.2, 0) is 0 Å². The summed E-state index contributed by atoms with van der Waals surface area (Å²) in [6.07, 6.45) is 2.18. The minimum absolute atomic E-state index is 0.114. The molecule has 0 amide bonds. The van der Waals surface area contributed by atoms with Crippen LogP contribution in [0.4, 0.5) is 5.82 Å². The Kier molecular flexibility index (Phi) is 4.41. The maximum atomic E-state index is 11.1. The molecule has 1 unspecified atom stereocenters. The van der Waals surface area contributed by atoms with Crippen LogP contribution in [-0.4, -0.2) is 21.9 Å². The summed E-state index contributed by atoms with van der Waals surface area (Å²) in [7, 11) is 0. The van der Waals surface area contributed by atoms with Crippen molar-refractivity contribution in [3.8, 4) is 0 Å². The smallest absolute Gasteiger partial charge is 0.267 e. The molecule has 14 heavy (non-hydrogen) atoms. The van der Waals surface area contributed by atoms with E-state index in [4.69, 9.17) is 11.6 Å². The maximum absolute atomic E-state index is 11.1. The molecule has 0 saturated heterocycles. The molecule has 0 radical (unpaired) electrons. The van der Waals surface area contributed by atoms with Crippen LogP contribution < -0.4 is 10.9 Å². The Morgan fingerprint density at radius 2 is 2.50 bits per heavy atom. The van der Waals surface area contributed by atoms with Gasteiger partial charge >= 0.3 is 0 Å². The zero-order chi connectivity index (χ0) is 10.6. The number of aromatic nitrogens is 2. The Morgan fingerprint density at radius 3 is 3.14 bits per heavy atom. The zero-order valence-electron chi connectivity index (χ0n) is 7.68. The number of nitrogens with one attached hydrogen (secondary N) is 2. The van der Waals surface area contributed by atoms with Crippen LogP contribution in [0.5, 0.6) is 0 Å². The number of H-pyrrole nitrogens is 1. The molecule has 2 N–H and O–H groups in total. The third-order valence-corrected chi connectivity index (χ3v) is 2.59. The quantitative estimate of drug-likeness (QED) is 0.829. The van der Waals surface area contributed by atoms with Crippen molar-refractivity contribution in [1.82, 2.24) is 9.97 Å². The highest BCUT2D eigenvalue weighted by Gasteiger charge is 2.04. The van der Waals surface area contributed by atoms with E-state index in [1.807, 2.05) is 6.92 Å². The van der Waals surface area contributed by atoms with Gasteiger partial charge in [0.05, 0.1) is 6.33 Å². The second kappa shape index (κ2) is 5.36. The molecule has 0 aliphatic heterocycles. The predicted octanol–water partition coefficient (Wildman–Crippen LogP) is 1.96. The molecule has 1 heterocycles. The molecule has 1 aromatic rings. The average molecular weight is 281 g/mol. The fraction of sp³-hybridized carbons (Fsp3) is 0.500. The molecular weight excluding hydrogens is 269 g/mol. The Hall–Kier alpha value is -0.550. The second-order valence-electron chi connectivity index (χ2n) is 2.89. The van der Waals surface area contributed by atoms with Crippen LogP contribution >= 0.6 is 27.5 Å². The highest BCUT2D eigenvalue weighted by Crippen LogP contribution is 2.13. The molecule has 6 heteroatoms. The summed E-state index contributed by atoms with van der Waals surface area (Å²) in [6.45, 7) is 2.61.